The van der Waals surface area contributed by atoms with E-state index in [0.717, 1.165) is 22.3 Å². The van der Waals surface area contributed by atoms with E-state index in [1.807, 2.05) is 57.2 Å². The third-order valence-electron chi connectivity index (χ3n) is 4.70. The van der Waals surface area contributed by atoms with Crippen molar-refractivity contribution in [1.82, 2.24) is 5.32 Å². The van der Waals surface area contributed by atoms with Gasteiger partial charge in [-0.05, 0) is 43.0 Å². The number of aliphatic hydroxyl groups excluding tert-OH is 1. The summed E-state index contributed by atoms with van der Waals surface area (Å²) in [6.07, 6.45) is -2.46. The zero-order chi connectivity index (χ0) is 20.3. The van der Waals surface area contributed by atoms with Crippen LogP contribution in [0.2, 0.25) is 0 Å². The summed E-state index contributed by atoms with van der Waals surface area (Å²) < 4.78 is 11.0. The van der Waals surface area contributed by atoms with Gasteiger partial charge >= 0.3 is 6.09 Å². The van der Waals surface area contributed by atoms with Crippen LogP contribution in [0.4, 0.5) is 4.79 Å². The van der Waals surface area contributed by atoms with Crippen molar-refractivity contribution < 1.29 is 24.5 Å². The summed E-state index contributed by atoms with van der Waals surface area (Å²) in [5, 5.41) is 21.5. The van der Waals surface area contributed by atoms with Crippen LogP contribution in [0.15, 0.2) is 48.5 Å². The first-order valence-corrected chi connectivity index (χ1v) is 9.38. The lowest BCUT2D eigenvalue weighted by Gasteiger charge is -2.26. The first-order chi connectivity index (χ1) is 13.3. The molecular formula is C22H27NO5. The molecule has 0 saturated carbocycles. The maximum absolute atomic E-state index is 12.3. The molecule has 0 spiro atoms. The third-order valence-corrected chi connectivity index (χ3v) is 4.70. The van der Waals surface area contributed by atoms with Crippen molar-refractivity contribution in [3.8, 4) is 11.1 Å². The van der Waals surface area contributed by atoms with Crippen molar-refractivity contribution in [2.45, 2.75) is 44.6 Å². The molecule has 0 aromatic heterocycles. The number of benzene rings is 2. The summed E-state index contributed by atoms with van der Waals surface area (Å²) in [5.74, 6) is -0.0542. The van der Waals surface area contributed by atoms with E-state index >= 15 is 0 Å². The molecule has 28 heavy (non-hydrogen) atoms. The topological polar surface area (TPSA) is 88.0 Å². The van der Waals surface area contributed by atoms with Gasteiger partial charge in [-0.1, -0.05) is 48.5 Å². The van der Waals surface area contributed by atoms with Gasteiger partial charge in [0, 0.05) is 5.92 Å². The molecule has 1 aliphatic carbocycles. The Morgan fingerprint density at radius 3 is 2.07 bits per heavy atom. The predicted octanol–water partition coefficient (Wildman–Crippen LogP) is 3.02. The van der Waals surface area contributed by atoms with Gasteiger partial charge in [-0.15, -0.1) is 0 Å². The lowest BCUT2D eigenvalue weighted by molar-refractivity contribution is -0.103. The fourth-order valence-electron chi connectivity index (χ4n) is 3.33. The molecule has 0 aliphatic heterocycles. The molecular weight excluding hydrogens is 358 g/mol. The van der Waals surface area contributed by atoms with Crippen molar-refractivity contribution >= 4 is 6.09 Å². The summed E-state index contributed by atoms with van der Waals surface area (Å²) in [4.78, 5) is 12.3. The number of hydrogen-bond acceptors (Lipinski definition) is 5. The van der Waals surface area contributed by atoms with Crippen LogP contribution in [-0.4, -0.2) is 47.5 Å². The molecule has 1 atom stereocenters. The molecule has 6 heteroatoms. The summed E-state index contributed by atoms with van der Waals surface area (Å²) >= 11 is 0. The highest BCUT2D eigenvalue weighted by Crippen LogP contribution is 2.44. The number of fused-ring (bicyclic) bond motifs is 3. The van der Waals surface area contributed by atoms with Gasteiger partial charge in [0.1, 0.15) is 12.6 Å². The van der Waals surface area contributed by atoms with E-state index in [2.05, 4.69) is 17.4 Å². The highest BCUT2D eigenvalue weighted by Gasteiger charge is 2.30. The Balaban J connectivity index is 1.64. The van der Waals surface area contributed by atoms with E-state index < -0.39 is 24.0 Å². The van der Waals surface area contributed by atoms with E-state index in [1.54, 1.807) is 0 Å². The Morgan fingerprint density at radius 1 is 1.04 bits per heavy atom. The van der Waals surface area contributed by atoms with Gasteiger partial charge in [-0.3, -0.25) is 0 Å². The fraction of sp³-hybridized carbons (Fsp3) is 0.409. The van der Waals surface area contributed by atoms with Crippen molar-refractivity contribution in [2.75, 3.05) is 13.2 Å². The van der Waals surface area contributed by atoms with E-state index in [9.17, 15) is 15.0 Å². The zero-order valence-electron chi connectivity index (χ0n) is 16.4. The molecule has 3 rings (SSSR count). The smallest absolute Gasteiger partial charge is 0.407 e. The molecule has 0 saturated heterocycles. The Hall–Kier alpha value is -2.41. The van der Waals surface area contributed by atoms with Crippen LogP contribution in [0.1, 0.15) is 37.8 Å². The molecule has 1 aliphatic rings. The Labute approximate surface area is 165 Å². The number of carbonyl (C=O) groups is 1. The molecule has 1 amide bonds. The highest BCUT2D eigenvalue weighted by atomic mass is 16.6. The summed E-state index contributed by atoms with van der Waals surface area (Å²) in [6.45, 7) is 5.67. The lowest BCUT2D eigenvalue weighted by atomic mass is 9.98. The van der Waals surface area contributed by atoms with E-state index in [-0.39, 0.29) is 19.1 Å². The standard InChI is InChI=1S/C22H27NO5/c1-22(2,3)28-13-19(20(24)25)23-21(26)27-12-18-16-10-6-4-8-14(16)15-9-5-7-11-17(15)18/h4-11,18-20,24-25H,12-13H2,1-3H3,(H,23,26). The number of aliphatic hydroxyl groups is 2. The van der Waals surface area contributed by atoms with Gasteiger partial charge < -0.3 is 25.0 Å². The number of alkyl carbamates (subject to hydrolysis) is 1. The Morgan fingerprint density at radius 2 is 1.57 bits per heavy atom. The van der Waals surface area contributed by atoms with Crippen LogP contribution < -0.4 is 5.32 Å². The molecule has 0 fully saturated rings. The average Bonchev–Trinajstić information content (AvgIpc) is 2.96. The van der Waals surface area contributed by atoms with Crippen LogP contribution >= 0.6 is 0 Å². The second-order valence-electron chi connectivity index (χ2n) is 7.91. The Bertz CT molecular complexity index is 782. The molecule has 1 unspecified atom stereocenters. The second-order valence-corrected chi connectivity index (χ2v) is 7.91. The van der Waals surface area contributed by atoms with Gasteiger partial charge in [0.15, 0.2) is 6.29 Å². The minimum Gasteiger partial charge on any atom is -0.449 e. The molecule has 3 N–H and O–H groups in total. The number of hydrogen-bond donors (Lipinski definition) is 3. The van der Waals surface area contributed by atoms with Gasteiger partial charge in [0.05, 0.1) is 12.2 Å². The number of nitrogens with one attached hydrogen (secondary N) is 1. The molecule has 150 valence electrons. The minimum absolute atomic E-state index is 0.0363. The Kier molecular flexibility index (Phi) is 6.03. The van der Waals surface area contributed by atoms with Crippen LogP contribution in [0.3, 0.4) is 0 Å². The third kappa shape index (κ3) is 4.70. The van der Waals surface area contributed by atoms with Crippen molar-refractivity contribution in [2.24, 2.45) is 0 Å². The van der Waals surface area contributed by atoms with E-state index in [0.29, 0.717) is 0 Å². The van der Waals surface area contributed by atoms with E-state index in [1.165, 1.54) is 0 Å². The molecule has 0 bridgehead atoms. The maximum atomic E-state index is 12.3. The zero-order valence-corrected chi connectivity index (χ0v) is 16.4. The normalized spacial score (nSPS) is 14.5. The number of amides is 1. The quantitative estimate of drug-likeness (QED) is 0.666. The fourth-order valence-corrected chi connectivity index (χ4v) is 3.33. The second kappa shape index (κ2) is 8.31. The SMILES string of the molecule is CC(C)(C)OCC(NC(=O)OCC1c2ccccc2-c2ccccc21)C(O)O. The van der Waals surface area contributed by atoms with Crippen LogP contribution in [0.5, 0.6) is 0 Å². The first-order valence-electron chi connectivity index (χ1n) is 9.38. The lowest BCUT2D eigenvalue weighted by Crippen LogP contribution is -2.48. The number of rotatable bonds is 6. The predicted molar refractivity (Wildman–Crippen MR) is 106 cm³/mol. The minimum atomic E-state index is -1.75. The van der Waals surface area contributed by atoms with Gasteiger partial charge in [0.2, 0.25) is 0 Å². The van der Waals surface area contributed by atoms with E-state index in [4.69, 9.17) is 9.47 Å². The summed E-state index contributed by atoms with van der Waals surface area (Å²) in [6, 6.07) is 15.2. The molecule has 2 aromatic rings. The maximum Gasteiger partial charge on any atom is 0.407 e. The van der Waals surface area contributed by atoms with Crippen LogP contribution in [0, 0.1) is 0 Å². The molecule has 6 nitrogen and oxygen atoms in total. The van der Waals surface area contributed by atoms with Crippen molar-refractivity contribution in [3.63, 3.8) is 0 Å². The van der Waals surface area contributed by atoms with Gasteiger partial charge in [-0.25, -0.2) is 4.79 Å². The molecule has 0 heterocycles. The van der Waals surface area contributed by atoms with Crippen LogP contribution in [0.25, 0.3) is 11.1 Å². The van der Waals surface area contributed by atoms with Gasteiger partial charge in [-0.2, -0.15) is 0 Å². The monoisotopic (exact) mass is 385 g/mol. The van der Waals surface area contributed by atoms with Crippen molar-refractivity contribution in [1.29, 1.82) is 0 Å². The summed E-state index contributed by atoms with van der Waals surface area (Å²) in [7, 11) is 0. The van der Waals surface area contributed by atoms with Gasteiger partial charge in [0.25, 0.3) is 0 Å². The average molecular weight is 385 g/mol. The first kappa shape index (κ1) is 20.3. The molecule has 2 aromatic carbocycles. The summed E-state index contributed by atoms with van der Waals surface area (Å²) in [5.41, 5.74) is 4.07. The largest absolute Gasteiger partial charge is 0.449 e. The molecule has 0 radical (unpaired) electrons. The number of carbonyl (C=O) groups excluding carboxylic acids is 1. The van der Waals surface area contributed by atoms with Crippen LogP contribution in [-0.2, 0) is 9.47 Å². The highest BCUT2D eigenvalue weighted by molar-refractivity contribution is 5.79. The van der Waals surface area contributed by atoms with Crippen molar-refractivity contribution in [3.05, 3.63) is 59.7 Å². The number of ether oxygens (including phenoxy) is 2.